The van der Waals surface area contributed by atoms with E-state index < -0.39 is 0 Å². The van der Waals surface area contributed by atoms with Crippen molar-refractivity contribution in [2.75, 3.05) is 36.1 Å². The van der Waals surface area contributed by atoms with Crippen LogP contribution in [-0.4, -0.2) is 58.5 Å². The molecule has 6 rings (SSSR count). The third kappa shape index (κ3) is 5.21. The van der Waals surface area contributed by atoms with Crippen LogP contribution >= 0.6 is 15.9 Å². The summed E-state index contributed by atoms with van der Waals surface area (Å²) in [7, 11) is 0. The zero-order valence-corrected chi connectivity index (χ0v) is 24.1. The maximum Gasteiger partial charge on any atom is 0.251 e. The Labute approximate surface area is 241 Å². The fourth-order valence-electron chi connectivity index (χ4n) is 5.57. The average Bonchev–Trinajstić information content (AvgIpc) is 3.38. The number of morpholine rings is 1. The zero-order chi connectivity index (χ0) is 27.8. The van der Waals surface area contributed by atoms with E-state index in [0.29, 0.717) is 25.3 Å². The molecule has 2 aromatic heterocycles. The first kappa shape index (κ1) is 26.5. The van der Waals surface area contributed by atoms with Crippen LogP contribution in [0, 0.1) is 0 Å². The molecule has 2 aliphatic heterocycles. The lowest BCUT2D eigenvalue weighted by Gasteiger charge is -2.34. The van der Waals surface area contributed by atoms with Crippen LogP contribution in [0.1, 0.15) is 41.9 Å². The van der Waals surface area contributed by atoms with Crippen LogP contribution in [0.2, 0.25) is 0 Å². The molecule has 0 saturated carbocycles. The molecule has 10 heteroatoms. The molecule has 0 radical (unpaired) electrons. The fraction of sp³-hybridized carbons (Fsp3) is 0.333. The van der Waals surface area contributed by atoms with Crippen molar-refractivity contribution in [1.29, 1.82) is 0 Å². The number of amides is 2. The molecular formula is C30H31BrN6O3. The molecule has 206 valence electrons. The average molecular weight is 604 g/mol. The number of nitrogens with one attached hydrogen (secondary N) is 1. The Morgan fingerprint density at radius 3 is 2.55 bits per heavy atom. The zero-order valence-electron chi connectivity index (χ0n) is 22.6. The molecule has 0 aliphatic carbocycles. The van der Waals surface area contributed by atoms with Gasteiger partial charge in [-0.2, -0.15) is 0 Å². The van der Waals surface area contributed by atoms with Crippen molar-refractivity contribution >= 4 is 44.9 Å². The highest BCUT2D eigenvalue weighted by atomic mass is 79.9. The number of hydrogen-bond donors (Lipinski definition) is 1. The molecule has 1 atom stereocenters. The maximum atomic E-state index is 12.9. The molecule has 9 nitrogen and oxygen atoms in total. The SMILES string of the molecule is CC(=O)N1c2ccc(-c3ccc(C(=O)NCc4cn5cc(Br)nc(N6CCOCC6)c5n4)cc3)cc2CC[C@@H]1C. The number of imidazole rings is 1. The number of aryl methyl sites for hydroxylation is 1. The van der Waals surface area contributed by atoms with Gasteiger partial charge in [-0.1, -0.05) is 18.2 Å². The predicted octanol–water partition coefficient (Wildman–Crippen LogP) is 4.61. The Morgan fingerprint density at radius 1 is 1.05 bits per heavy atom. The molecule has 4 aromatic rings. The Morgan fingerprint density at radius 2 is 1.80 bits per heavy atom. The third-order valence-electron chi connectivity index (χ3n) is 7.61. The molecular weight excluding hydrogens is 572 g/mol. The molecule has 2 aromatic carbocycles. The number of rotatable bonds is 5. The fourth-order valence-corrected chi connectivity index (χ4v) is 5.96. The Kier molecular flexibility index (Phi) is 7.29. The molecule has 1 N–H and O–H groups in total. The number of hydrogen-bond acceptors (Lipinski definition) is 6. The van der Waals surface area contributed by atoms with Crippen LogP contribution in [0.15, 0.2) is 59.5 Å². The minimum atomic E-state index is -0.159. The highest BCUT2D eigenvalue weighted by molar-refractivity contribution is 9.10. The monoisotopic (exact) mass is 602 g/mol. The van der Waals surface area contributed by atoms with Gasteiger partial charge in [-0.05, 0) is 76.7 Å². The van der Waals surface area contributed by atoms with Gasteiger partial charge in [0.1, 0.15) is 4.60 Å². The summed E-state index contributed by atoms with van der Waals surface area (Å²) in [5.41, 5.74) is 6.37. The minimum absolute atomic E-state index is 0.0716. The molecule has 2 aliphatic rings. The number of benzene rings is 2. The van der Waals surface area contributed by atoms with Gasteiger partial charge < -0.3 is 24.3 Å². The quantitative estimate of drug-likeness (QED) is 0.358. The molecule has 0 bridgehead atoms. The van der Waals surface area contributed by atoms with Gasteiger partial charge >= 0.3 is 0 Å². The predicted molar refractivity (Wildman–Crippen MR) is 158 cm³/mol. The largest absolute Gasteiger partial charge is 0.378 e. The number of nitrogens with zero attached hydrogens (tertiary/aromatic N) is 5. The highest BCUT2D eigenvalue weighted by Crippen LogP contribution is 2.34. The minimum Gasteiger partial charge on any atom is -0.378 e. The lowest BCUT2D eigenvalue weighted by Crippen LogP contribution is -2.40. The molecule has 0 spiro atoms. The molecule has 1 fully saturated rings. The number of ether oxygens (including phenoxy) is 1. The molecule has 1 saturated heterocycles. The molecule has 0 unspecified atom stereocenters. The van der Waals surface area contributed by atoms with Gasteiger partial charge in [0.25, 0.3) is 5.91 Å². The second-order valence-corrected chi connectivity index (χ2v) is 11.1. The number of fused-ring (bicyclic) bond motifs is 2. The van der Waals surface area contributed by atoms with Crippen molar-refractivity contribution in [1.82, 2.24) is 19.7 Å². The van der Waals surface area contributed by atoms with E-state index in [1.807, 2.05) is 58.1 Å². The summed E-state index contributed by atoms with van der Waals surface area (Å²) < 4.78 is 8.14. The second kappa shape index (κ2) is 11.0. The summed E-state index contributed by atoms with van der Waals surface area (Å²) in [6.07, 6.45) is 5.68. The van der Waals surface area contributed by atoms with Gasteiger partial charge in [0.15, 0.2) is 11.5 Å². The van der Waals surface area contributed by atoms with E-state index in [2.05, 4.69) is 44.1 Å². The van der Waals surface area contributed by atoms with Gasteiger partial charge in [0, 0.05) is 49.7 Å². The van der Waals surface area contributed by atoms with Gasteiger partial charge in [-0.25, -0.2) is 9.97 Å². The first-order valence-electron chi connectivity index (χ1n) is 13.6. The van der Waals surface area contributed by atoms with E-state index in [1.54, 1.807) is 6.92 Å². The maximum absolute atomic E-state index is 12.9. The van der Waals surface area contributed by atoms with E-state index in [-0.39, 0.29) is 17.9 Å². The van der Waals surface area contributed by atoms with Gasteiger partial charge in [0.05, 0.1) is 25.5 Å². The van der Waals surface area contributed by atoms with Crippen LogP contribution in [0.4, 0.5) is 11.5 Å². The summed E-state index contributed by atoms with van der Waals surface area (Å²) in [5.74, 6) is 0.714. The second-order valence-electron chi connectivity index (χ2n) is 10.3. The Bertz CT molecular complexity index is 1580. The van der Waals surface area contributed by atoms with Crippen molar-refractivity contribution < 1.29 is 14.3 Å². The van der Waals surface area contributed by atoms with Gasteiger partial charge in [-0.15, -0.1) is 0 Å². The highest BCUT2D eigenvalue weighted by Gasteiger charge is 2.26. The normalized spacial score (nSPS) is 17.1. The lowest BCUT2D eigenvalue weighted by molar-refractivity contribution is -0.117. The summed E-state index contributed by atoms with van der Waals surface area (Å²) in [6.45, 7) is 6.86. The third-order valence-corrected chi connectivity index (χ3v) is 7.99. The molecule has 40 heavy (non-hydrogen) atoms. The van der Waals surface area contributed by atoms with E-state index in [9.17, 15) is 9.59 Å². The summed E-state index contributed by atoms with van der Waals surface area (Å²) >= 11 is 3.50. The summed E-state index contributed by atoms with van der Waals surface area (Å²) in [5, 5.41) is 2.99. The summed E-state index contributed by atoms with van der Waals surface area (Å²) in [4.78, 5) is 38.6. The van der Waals surface area contributed by atoms with Crippen molar-refractivity contribution in [2.45, 2.75) is 39.3 Å². The van der Waals surface area contributed by atoms with Crippen LogP contribution in [0.25, 0.3) is 16.8 Å². The standard InChI is InChI=1S/C30H31BrN6O3/c1-19-3-4-24-15-23(9-10-26(24)37(19)20(2)38)21-5-7-22(8-6-21)30(39)32-16-25-17-36-18-27(31)34-29(28(36)33-25)35-11-13-40-14-12-35/h5-10,15,17-19H,3-4,11-14,16H2,1-2H3,(H,32,39)/t19-/m0/s1. The number of halogens is 1. The van der Waals surface area contributed by atoms with Crippen molar-refractivity contribution in [3.63, 3.8) is 0 Å². The number of anilines is 2. The molecule has 2 amide bonds. The van der Waals surface area contributed by atoms with Crippen molar-refractivity contribution in [3.05, 3.63) is 76.3 Å². The topological polar surface area (TPSA) is 92.1 Å². The first-order chi connectivity index (χ1) is 19.4. The number of aromatic nitrogens is 3. The summed E-state index contributed by atoms with van der Waals surface area (Å²) in [6, 6.07) is 14.1. The number of carbonyl (C=O) groups excluding carboxylic acids is 2. The van der Waals surface area contributed by atoms with Crippen molar-refractivity contribution in [2.24, 2.45) is 0 Å². The smallest absolute Gasteiger partial charge is 0.251 e. The van der Waals surface area contributed by atoms with Crippen LogP contribution < -0.4 is 15.1 Å². The lowest BCUT2D eigenvalue weighted by atomic mass is 9.93. The Hall–Kier alpha value is -3.76. The van der Waals surface area contributed by atoms with Crippen LogP contribution in [0.3, 0.4) is 0 Å². The molecule has 4 heterocycles. The van der Waals surface area contributed by atoms with Crippen LogP contribution in [-0.2, 0) is 22.5 Å². The Balaban J connectivity index is 1.14. The number of carbonyl (C=O) groups is 2. The van der Waals surface area contributed by atoms with Gasteiger partial charge in [-0.3, -0.25) is 9.59 Å². The van der Waals surface area contributed by atoms with Crippen molar-refractivity contribution in [3.8, 4) is 11.1 Å². The van der Waals surface area contributed by atoms with E-state index in [1.165, 1.54) is 5.56 Å². The van der Waals surface area contributed by atoms with E-state index >= 15 is 0 Å². The van der Waals surface area contributed by atoms with Crippen LogP contribution in [0.5, 0.6) is 0 Å². The van der Waals surface area contributed by atoms with Gasteiger partial charge in [0.2, 0.25) is 5.91 Å². The van der Waals surface area contributed by atoms with E-state index in [4.69, 9.17) is 9.72 Å². The first-order valence-corrected chi connectivity index (χ1v) is 14.3. The van der Waals surface area contributed by atoms with E-state index in [0.717, 1.165) is 64.5 Å².